The third-order valence-corrected chi connectivity index (χ3v) is 3.49. The highest BCUT2D eigenvalue weighted by molar-refractivity contribution is 8.93. The minimum absolute atomic E-state index is 0. The largest absolute Gasteiger partial charge is 0.508 e. The molecule has 4 nitrogen and oxygen atoms in total. The molecular formula is C13H13Br2N3OS. The van der Waals surface area contributed by atoms with E-state index in [4.69, 9.17) is 0 Å². The number of pyridine rings is 1. The number of fused-ring (bicyclic) bond motifs is 1. The molecule has 1 aromatic carbocycles. The van der Waals surface area contributed by atoms with Crippen LogP contribution in [0.2, 0.25) is 0 Å². The van der Waals surface area contributed by atoms with Gasteiger partial charge in [0.15, 0.2) is 5.16 Å². The van der Waals surface area contributed by atoms with Crippen LogP contribution >= 0.6 is 45.7 Å². The van der Waals surface area contributed by atoms with Crippen LogP contribution < -0.4 is 0 Å². The van der Waals surface area contributed by atoms with Crippen LogP contribution in [0, 0.1) is 0 Å². The maximum absolute atomic E-state index is 9.38. The van der Waals surface area contributed by atoms with E-state index in [1.54, 1.807) is 36.3 Å². The molecule has 0 fully saturated rings. The number of hydrogen-bond donors (Lipinski definition) is 2. The van der Waals surface area contributed by atoms with E-state index >= 15 is 0 Å². The van der Waals surface area contributed by atoms with Crippen molar-refractivity contribution in [2.45, 2.75) is 10.9 Å². The van der Waals surface area contributed by atoms with E-state index in [-0.39, 0.29) is 34.0 Å². The molecule has 0 spiro atoms. The van der Waals surface area contributed by atoms with Gasteiger partial charge in [-0.3, -0.25) is 4.98 Å². The van der Waals surface area contributed by atoms with Gasteiger partial charge in [-0.25, -0.2) is 4.98 Å². The first-order chi connectivity index (χ1) is 8.81. The van der Waals surface area contributed by atoms with Crippen molar-refractivity contribution < 1.29 is 5.11 Å². The molecule has 3 aromatic rings. The van der Waals surface area contributed by atoms with Crippen molar-refractivity contribution in [1.82, 2.24) is 15.0 Å². The Morgan fingerprint density at radius 1 is 1.20 bits per heavy atom. The van der Waals surface area contributed by atoms with E-state index in [1.165, 1.54) is 0 Å². The number of hydrogen-bond acceptors (Lipinski definition) is 4. The number of nitrogens with one attached hydrogen (secondary N) is 1. The predicted octanol–water partition coefficient (Wildman–Crippen LogP) is 4.11. The number of aromatic nitrogens is 3. The molecule has 0 unspecified atom stereocenters. The molecule has 2 heterocycles. The number of aromatic hydroxyl groups is 1. The van der Waals surface area contributed by atoms with Crippen LogP contribution in [0.25, 0.3) is 11.0 Å². The van der Waals surface area contributed by atoms with Gasteiger partial charge in [0.2, 0.25) is 0 Å². The van der Waals surface area contributed by atoms with E-state index in [1.807, 2.05) is 18.2 Å². The molecule has 0 aliphatic carbocycles. The zero-order valence-corrected chi connectivity index (χ0v) is 14.6. The SMILES string of the molecule is Br.Br.Oc1cccc(CSc2nc3cnccc3[nH]2)c1. The van der Waals surface area contributed by atoms with Gasteiger partial charge in [-0.15, -0.1) is 34.0 Å². The zero-order valence-electron chi connectivity index (χ0n) is 10.3. The molecular weight excluding hydrogens is 406 g/mol. The number of thioether (sulfide) groups is 1. The van der Waals surface area contributed by atoms with Crippen LogP contribution in [0.4, 0.5) is 0 Å². The van der Waals surface area contributed by atoms with E-state index in [9.17, 15) is 5.11 Å². The predicted molar refractivity (Wildman–Crippen MR) is 92.2 cm³/mol. The van der Waals surface area contributed by atoms with Crippen molar-refractivity contribution in [3.63, 3.8) is 0 Å². The summed E-state index contributed by atoms with van der Waals surface area (Å²) in [7, 11) is 0. The second kappa shape index (κ2) is 7.66. The highest BCUT2D eigenvalue weighted by atomic mass is 79.9. The summed E-state index contributed by atoms with van der Waals surface area (Å²) in [6, 6.07) is 9.16. The van der Waals surface area contributed by atoms with Gasteiger partial charge in [-0.2, -0.15) is 0 Å². The molecule has 2 N–H and O–H groups in total. The molecule has 0 aliphatic rings. The average Bonchev–Trinajstić information content (AvgIpc) is 2.79. The summed E-state index contributed by atoms with van der Waals surface area (Å²) in [5.74, 6) is 1.06. The lowest BCUT2D eigenvalue weighted by Crippen LogP contribution is -1.81. The number of imidazole rings is 1. The highest BCUT2D eigenvalue weighted by Gasteiger charge is 2.03. The molecule has 0 bridgehead atoms. The molecule has 106 valence electrons. The summed E-state index contributed by atoms with van der Waals surface area (Å²) in [4.78, 5) is 11.7. The third kappa shape index (κ3) is 3.97. The molecule has 0 saturated carbocycles. The molecule has 0 amide bonds. The number of H-pyrrole nitrogens is 1. The van der Waals surface area contributed by atoms with Crippen LogP contribution in [0.5, 0.6) is 5.75 Å². The average molecular weight is 419 g/mol. The van der Waals surface area contributed by atoms with Gasteiger partial charge in [0, 0.05) is 11.9 Å². The maximum Gasteiger partial charge on any atom is 0.166 e. The molecule has 2 aromatic heterocycles. The Morgan fingerprint density at radius 2 is 2.05 bits per heavy atom. The Hall–Kier alpha value is -1.05. The van der Waals surface area contributed by atoms with Crippen molar-refractivity contribution in [2.75, 3.05) is 0 Å². The number of nitrogens with zero attached hydrogens (tertiary/aromatic N) is 2. The minimum atomic E-state index is 0. The van der Waals surface area contributed by atoms with E-state index < -0.39 is 0 Å². The van der Waals surface area contributed by atoms with Crippen LogP contribution in [-0.4, -0.2) is 20.1 Å². The number of halogens is 2. The number of aromatic amines is 1. The molecule has 0 saturated heterocycles. The Morgan fingerprint density at radius 3 is 2.80 bits per heavy atom. The highest BCUT2D eigenvalue weighted by Crippen LogP contribution is 2.23. The lowest BCUT2D eigenvalue weighted by atomic mass is 10.2. The topological polar surface area (TPSA) is 61.8 Å². The van der Waals surface area contributed by atoms with Gasteiger partial charge < -0.3 is 10.1 Å². The Labute approximate surface area is 141 Å². The first-order valence-electron chi connectivity index (χ1n) is 5.52. The van der Waals surface area contributed by atoms with Crippen molar-refractivity contribution >= 4 is 56.8 Å². The van der Waals surface area contributed by atoms with E-state index in [2.05, 4.69) is 15.0 Å². The summed E-state index contributed by atoms with van der Waals surface area (Å²) < 4.78 is 0. The second-order valence-corrected chi connectivity index (χ2v) is 4.86. The number of rotatable bonds is 3. The van der Waals surface area contributed by atoms with Crippen molar-refractivity contribution in [2.24, 2.45) is 0 Å². The summed E-state index contributed by atoms with van der Waals surface area (Å²) >= 11 is 1.60. The van der Waals surface area contributed by atoms with Crippen LogP contribution in [0.1, 0.15) is 5.56 Å². The maximum atomic E-state index is 9.38. The van der Waals surface area contributed by atoms with Crippen molar-refractivity contribution in [1.29, 1.82) is 0 Å². The minimum Gasteiger partial charge on any atom is -0.508 e. The number of benzene rings is 1. The Balaban J connectivity index is 0.000001000. The van der Waals surface area contributed by atoms with Gasteiger partial charge in [0.25, 0.3) is 0 Å². The zero-order chi connectivity index (χ0) is 12.4. The van der Waals surface area contributed by atoms with Crippen LogP contribution in [-0.2, 0) is 5.75 Å². The van der Waals surface area contributed by atoms with Gasteiger partial charge in [-0.1, -0.05) is 23.9 Å². The van der Waals surface area contributed by atoms with E-state index in [0.29, 0.717) is 5.75 Å². The summed E-state index contributed by atoms with van der Waals surface area (Å²) in [6.45, 7) is 0. The third-order valence-electron chi connectivity index (χ3n) is 2.55. The summed E-state index contributed by atoms with van der Waals surface area (Å²) in [5.41, 5.74) is 2.93. The fraction of sp³-hybridized carbons (Fsp3) is 0.0769. The molecule has 0 aliphatic heterocycles. The first kappa shape index (κ1) is 17.0. The van der Waals surface area contributed by atoms with E-state index in [0.717, 1.165) is 27.5 Å². The second-order valence-electron chi connectivity index (χ2n) is 3.89. The van der Waals surface area contributed by atoms with Crippen molar-refractivity contribution in [3.05, 3.63) is 48.3 Å². The van der Waals surface area contributed by atoms with Gasteiger partial charge in [-0.05, 0) is 23.8 Å². The smallest absolute Gasteiger partial charge is 0.166 e. The van der Waals surface area contributed by atoms with Crippen molar-refractivity contribution in [3.8, 4) is 5.75 Å². The summed E-state index contributed by atoms with van der Waals surface area (Å²) in [5, 5.41) is 10.2. The first-order valence-corrected chi connectivity index (χ1v) is 6.50. The molecule has 7 heteroatoms. The fourth-order valence-corrected chi connectivity index (χ4v) is 2.53. The fourth-order valence-electron chi connectivity index (χ4n) is 1.70. The number of phenols is 1. The van der Waals surface area contributed by atoms with Gasteiger partial charge >= 0.3 is 0 Å². The normalized spacial score (nSPS) is 9.80. The Kier molecular flexibility index (Phi) is 6.51. The quantitative estimate of drug-likeness (QED) is 0.628. The molecule has 0 radical (unpaired) electrons. The molecule has 0 atom stereocenters. The lowest BCUT2D eigenvalue weighted by molar-refractivity contribution is 0.475. The number of phenolic OH excluding ortho intramolecular Hbond substituents is 1. The Bertz CT molecular complexity index is 657. The molecule has 3 rings (SSSR count). The van der Waals surface area contributed by atoms with Gasteiger partial charge in [0.1, 0.15) is 11.3 Å². The monoisotopic (exact) mass is 417 g/mol. The van der Waals surface area contributed by atoms with Gasteiger partial charge in [0.05, 0.1) is 11.7 Å². The standard InChI is InChI=1S/C13H11N3OS.2BrH/c17-10-3-1-2-9(6-10)8-18-13-15-11-4-5-14-7-12(11)16-13;;/h1-7,17H,8H2,(H,15,16);2*1H. The lowest BCUT2D eigenvalue weighted by Gasteiger charge is -1.99. The molecule has 20 heavy (non-hydrogen) atoms. The van der Waals surface area contributed by atoms with Crippen LogP contribution in [0.3, 0.4) is 0 Å². The summed E-state index contributed by atoms with van der Waals surface area (Å²) in [6.07, 6.45) is 3.48. The van der Waals surface area contributed by atoms with Crippen LogP contribution in [0.15, 0.2) is 47.9 Å².